The summed E-state index contributed by atoms with van der Waals surface area (Å²) in [6.45, 7) is 4.86. The minimum atomic E-state index is -0.482. The van der Waals surface area contributed by atoms with E-state index in [4.69, 9.17) is 15.4 Å². The van der Waals surface area contributed by atoms with Crippen LogP contribution in [0.5, 0.6) is 0 Å². The highest BCUT2D eigenvalue weighted by molar-refractivity contribution is 5.24. The van der Waals surface area contributed by atoms with Gasteiger partial charge in [-0.1, -0.05) is 24.3 Å². The molecule has 0 radical (unpaired) electrons. The molecule has 2 N–H and O–H groups in total. The Balaban J connectivity index is 2.05. The van der Waals surface area contributed by atoms with Crippen molar-refractivity contribution in [3.63, 3.8) is 0 Å². The van der Waals surface area contributed by atoms with E-state index in [1.165, 1.54) is 0 Å². The zero-order valence-corrected chi connectivity index (χ0v) is 9.60. The molecule has 1 unspecified atom stereocenters. The van der Waals surface area contributed by atoms with E-state index in [9.17, 15) is 0 Å². The first-order valence-corrected chi connectivity index (χ1v) is 5.33. The van der Waals surface area contributed by atoms with Crippen LogP contribution >= 0.6 is 0 Å². The van der Waals surface area contributed by atoms with Gasteiger partial charge >= 0.3 is 0 Å². The van der Waals surface area contributed by atoms with Crippen LogP contribution in [0.2, 0.25) is 0 Å². The average Bonchev–Trinajstić information content (AvgIpc) is 2.61. The molecule has 1 aliphatic heterocycles. The molecule has 0 spiro atoms. The second kappa shape index (κ2) is 4.51. The third-order valence-corrected chi connectivity index (χ3v) is 2.61. The third-order valence-electron chi connectivity index (χ3n) is 2.61. The maximum atomic E-state index is 5.76. The molecule has 0 aliphatic carbocycles. The highest BCUT2D eigenvalue weighted by atomic mass is 16.7. The lowest BCUT2D eigenvalue weighted by Crippen LogP contribution is -2.19. The minimum absolute atomic E-state index is 0.0165. The van der Waals surface area contributed by atoms with Gasteiger partial charge in [-0.25, -0.2) is 5.90 Å². The second-order valence-electron chi connectivity index (χ2n) is 4.37. The van der Waals surface area contributed by atoms with Crippen LogP contribution in [0.4, 0.5) is 0 Å². The molecule has 1 fully saturated rings. The summed E-state index contributed by atoms with van der Waals surface area (Å²) in [5.74, 6) is 4.53. The van der Waals surface area contributed by atoms with Crippen LogP contribution in [-0.2, 0) is 20.9 Å². The molecule has 1 aliphatic rings. The first-order valence-electron chi connectivity index (χ1n) is 5.33. The SMILES string of the molecule is CC1(C)OCC(c2ccc(CON)cc2)O1. The van der Waals surface area contributed by atoms with Crippen molar-refractivity contribution < 1.29 is 14.3 Å². The Kier molecular flexibility index (Phi) is 3.25. The van der Waals surface area contributed by atoms with Crippen LogP contribution in [0.25, 0.3) is 0 Å². The van der Waals surface area contributed by atoms with Gasteiger partial charge in [-0.3, -0.25) is 4.84 Å². The van der Waals surface area contributed by atoms with E-state index in [-0.39, 0.29) is 6.10 Å². The maximum absolute atomic E-state index is 5.76. The monoisotopic (exact) mass is 223 g/mol. The Morgan fingerprint density at radius 1 is 1.38 bits per heavy atom. The topological polar surface area (TPSA) is 53.7 Å². The predicted molar refractivity (Wildman–Crippen MR) is 59.3 cm³/mol. The van der Waals surface area contributed by atoms with Crippen molar-refractivity contribution in [3.05, 3.63) is 35.4 Å². The van der Waals surface area contributed by atoms with E-state index in [2.05, 4.69) is 4.84 Å². The first kappa shape index (κ1) is 11.5. The Labute approximate surface area is 95.2 Å². The smallest absolute Gasteiger partial charge is 0.163 e. The number of ether oxygens (including phenoxy) is 2. The van der Waals surface area contributed by atoms with Gasteiger partial charge in [-0.05, 0) is 25.0 Å². The number of rotatable bonds is 3. The molecule has 1 heterocycles. The van der Waals surface area contributed by atoms with E-state index in [1.807, 2.05) is 38.1 Å². The van der Waals surface area contributed by atoms with Crippen molar-refractivity contribution >= 4 is 0 Å². The van der Waals surface area contributed by atoms with Crippen LogP contribution in [0.3, 0.4) is 0 Å². The largest absolute Gasteiger partial charge is 0.347 e. The van der Waals surface area contributed by atoms with Crippen LogP contribution in [0, 0.1) is 0 Å². The summed E-state index contributed by atoms with van der Waals surface area (Å²) in [5, 5.41) is 0. The van der Waals surface area contributed by atoms with Crippen molar-refractivity contribution in [1.82, 2.24) is 0 Å². The lowest BCUT2D eigenvalue weighted by molar-refractivity contribution is -0.139. The molecular weight excluding hydrogens is 206 g/mol. The van der Waals surface area contributed by atoms with Crippen molar-refractivity contribution in [1.29, 1.82) is 0 Å². The Hall–Kier alpha value is -0.940. The summed E-state index contributed by atoms with van der Waals surface area (Å²) < 4.78 is 11.3. The highest BCUT2D eigenvalue weighted by Crippen LogP contribution is 2.32. The molecule has 4 heteroatoms. The summed E-state index contributed by atoms with van der Waals surface area (Å²) in [5.41, 5.74) is 2.16. The molecule has 16 heavy (non-hydrogen) atoms. The van der Waals surface area contributed by atoms with Crippen LogP contribution < -0.4 is 5.90 Å². The van der Waals surface area contributed by atoms with E-state index >= 15 is 0 Å². The van der Waals surface area contributed by atoms with Gasteiger partial charge in [0.25, 0.3) is 0 Å². The fourth-order valence-corrected chi connectivity index (χ4v) is 1.78. The summed E-state index contributed by atoms with van der Waals surface area (Å²) >= 11 is 0. The van der Waals surface area contributed by atoms with Gasteiger partial charge in [-0.2, -0.15) is 0 Å². The lowest BCUT2D eigenvalue weighted by atomic mass is 10.1. The third kappa shape index (κ3) is 2.59. The fraction of sp³-hybridized carbons (Fsp3) is 0.500. The Morgan fingerprint density at radius 2 is 2.06 bits per heavy atom. The summed E-state index contributed by atoms with van der Waals surface area (Å²) in [4.78, 5) is 4.57. The van der Waals surface area contributed by atoms with E-state index in [0.717, 1.165) is 11.1 Å². The fourth-order valence-electron chi connectivity index (χ4n) is 1.78. The minimum Gasteiger partial charge on any atom is -0.347 e. The molecule has 4 nitrogen and oxygen atoms in total. The summed E-state index contributed by atoms with van der Waals surface area (Å²) in [6.07, 6.45) is 0.0165. The van der Waals surface area contributed by atoms with Gasteiger partial charge in [-0.15, -0.1) is 0 Å². The first-order chi connectivity index (χ1) is 7.61. The maximum Gasteiger partial charge on any atom is 0.163 e. The van der Waals surface area contributed by atoms with Gasteiger partial charge in [0.05, 0.1) is 13.2 Å². The molecule has 0 aromatic heterocycles. The van der Waals surface area contributed by atoms with Gasteiger partial charge < -0.3 is 9.47 Å². The zero-order chi connectivity index (χ0) is 11.6. The van der Waals surface area contributed by atoms with Gasteiger partial charge in [0.1, 0.15) is 6.10 Å². The van der Waals surface area contributed by atoms with Crippen molar-refractivity contribution in [2.45, 2.75) is 32.3 Å². The van der Waals surface area contributed by atoms with Gasteiger partial charge in [0.15, 0.2) is 5.79 Å². The number of hydrogen-bond donors (Lipinski definition) is 1. The van der Waals surface area contributed by atoms with E-state index in [0.29, 0.717) is 13.2 Å². The predicted octanol–water partition coefficient (Wildman–Crippen LogP) is 1.90. The molecule has 1 aromatic rings. The quantitative estimate of drug-likeness (QED) is 0.795. The lowest BCUT2D eigenvalue weighted by Gasteiger charge is -2.17. The van der Waals surface area contributed by atoms with Crippen LogP contribution in [0.15, 0.2) is 24.3 Å². The van der Waals surface area contributed by atoms with Crippen molar-refractivity contribution in [2.75, 3.05) is 6.61 Å². The molecule has 1 aromatic carbocycles. The standard InChI is InChI=1S/C12H17NO3/c1-12(2)14-8-11(16-12)10-5-3-9(4-6-10)7-15-13/h3-6,11H,7-8,13H2,1-2H3. The molecule has 2 rings (SSSR count). The average molecular weight is 223 g/mol. The van der Waals surface area contributed by atoms with Crippen LogP contribution in [0.1, 0.15) is 31.1 Å². The summed E-state index contributed by atoms with van der Waals surface area (Å²) in [6, 6.07) is 8.00. The van der Waals surface area contributed by atoms with Gasteiger partial charge in [0, 0.05) is 0 Å². The Bertz CT molecular complexity index is 348. The molecule has 88 valence electrons. The van der Waals surface area contributed by atoms with E-state index in [1.54, 1.807) is 0 Å². The molecule has 0 saturated carbocycles. The molecule has 1 atom stereocenters. The zero-order valence-electron chi connectivity index (χ0n) is 9.60. The second-order valence-corrected chi connectivity index (χ2v) is 4.37. The molecular formula is C12H17NO3. The highest BCUT2D eigenvalue weighted by Gasteiger charge is 2.33. The van der Waals surface area contributed by atoms with E-state index < -0.39 is 5.79 Å². The normalized spacial score (nSPS) is 23.6. The summed E-state index contributed by atoms with van der Waals surface area (Å²) in [7, 11) is 0. The number of nitrogens with two attached hydrogens (primary N) is 1. The van der Waals surface area contributed by atoms with Crippen LogP contribution in [-0.4, -0.2) is 12.4 Å². The molecule has 0 amide bonds. The molecule has 1 saturated heterocycles. The number of benzene rings is 1. The van der Waals surface area contributed by atoms with Crippen molar-refractivity contribution in [3.8, 4) is 0 Å². The Morgan fingerprint density at radius 3 is 2.56 bits per heavy atom. The number of hydrogen-bond acceptors (Lipinski definition) is 4. The van der Waals surface area contributed by atoms with Gasteiger partial charge in [0.2, 0.25) is 0 Å². The van der Waals surface area contributed by atoms with Crippen molar-refractivity contribution in [2.24, 2.45) is 5.90 Å². The molecule has 0 bridgehead atoms.